The molecule has 0 aromatic heterocycles. The molecular formula is C12H21NO2. The molecule has 0 aromatic carbocycles. The molecule has 1 atom stereocenters. The first-order valence-corrected chi connectivity index (χ1v) is 6.08. The molecule has 0 spiro atoms. The average molecular weight is 211 g/mol. The fraction of sp³-hybridized carbons (Fsp3) is 0.917. The van der Waals surface area contributed by atoms with Crippen molar-refractivity contribution in [2.24, 2.45) is 5.41 Å². The molecule has 86 valence electrons. The Balaban J connectivity index is 1.95. The van der Waals surface area contributed by atoms with Crippen molar-refractivity contribution in [1.82, 2.24) is 4.90 Å². The molecule has 1 saturated carbocycles. The molecule has 1 aliphatic heterocycles. The van der Waals surface area contributed by atoms with Crippen molar-refractivity contribution in [3.05, 3.63) is 0 Å². The van der Waals surface area contributed by atoms with E-state index < -0.39 is 0 Å². The van der Waals surface area contributed by atoms with Crippen LogP contribution in [0.15, 0.2) is 0 Å². The summed E-state index contributed by atoms with van der Waals surface area (Å²) in [7, 11) is 0. The van der Waals surface area contributed by atoms with Crippen LogP contribution in [0.5, 0.6) is 0 Å². The number of nitrogens with zero attached hydrogens (tertiary/aromatic N) is 1. The van der Waals surface area contributed by atoms with Gasteiger partial charge < -0.3 is 9.53 Å². The Bertz CT molecular complexity index is 220. The summed E-state index contributed by atoms with van der Waals surface area (Å²) in [6.45, 7) is 5.59. The van der Waals surface area contributed by atoms with Gasteiger partial charge in [-0.2, -0.15) is 0 Å². The molecule has 15 heavy (non-hydrogen) atoms. The summed E-state index contributed by atoms with van der Waals surface area (Å²) in [5.41, 5.74) is -0.211. The van der Waals surface area contributed by atoms with Crippen molar-refractivity contribution in [1.29, 1.82) is 0 Å². The summed E-state index contributed by atoms with van der Waals surface area (Å²) in [4.78, 5) is 13.7. The minimum Gasteiger partial charge on any atom is -0.380 e. The summed E-state index contributed by atoms with van der Waals surface area (Å²) in [5, 5.41) is 0. The highest BCUT2D eigenvalue weighted by atomic mass is 16.5. The number of ether oxygens (including phenoxy) is 1. The Morgan fingerprint density at radius 1 is 1.53 bits per heavy atom. The summed E-state index contributed by atoms with van der Waals surface area (Å²) >= 11 is 0. The van der Waals surface area contributed by atoms with E-state index in [1.165, 1.54) is 12.8 Å². The number of carbonyl (C=O) groups is 1. The highest BCUT2D eigenvalue weighted by Gasteiger charge is 2.38. The second-order valence-electron chi connectivity index (χ2n) is 4.93. The lowest BCUT2D eigenvalue weighted by atomic mass is 9.83. The number of rotatable bonds is 5. The molecule has 3 heteroatoms. The van der Waals surface area contributed by atoms with Gasteiger partial charge >= 0.3 is 0 Å². The first-order chi connectivity index (χ1) is 7.29. The van der Waals surface area contributed by atoms with Gasteiger partial charge in [0, 0.05) is 19.2 Å². The summed E-state index contributed by atoms with van der Waals surface area (Å²) in [6, 6.07) is 0.744. The second-order valence-corrected chi connectivity index (χ2v) is 4.93. The molecule has 1 aliphatic carbocycles. The van der Waals surface area contributed by atoms with E-state index in [0.717, 1.165) is 44.9 Å². The Morgan fingerprint density at radius 2 is 2.33 bits per heavy atom. The Labute approximate surface area is 91.8 Å². The molecular weight excluding hydrogens is 190 g/mol. The molecule has 1 unspecified atom stereocenters. The van der Waals surface area contributed by atoms with Crippen LogP contribution < -0.4 is 0 Å². The van der Waals surface area contributed by atoms with Crippen molar-refractivity contribution in [3.63, 3.8) is 0 Å². The predicted molar refractivity (Wildman–Crippen MR) is 58.8 cm³/mol. The van der Waals surface area contributed by atoms with Gasteiger partial charge in [0.25, 0.3) is 0 Å². The Hall–Kier alpha value is -0.410. The largest absolute Gasteiger partial charge is 0.380 e. The maximum atomic E-state index is 11.3. The first kappa shape index (κ1) is 11.1. The third-order valence-corrected chi connectivity index (χ3v) is 3.59. The number of hydrogen-bond acceptors (Lipinski definition) is 3. The van der Waals surface area contributed by atoms with Crippen molar-refractivity contribution in [3.8, 4) is 0 Å². The van der Waals surface area contributed by atoms with Gasteiger partial charge in [0.1, 0.15) is 6.29 Å². The molecule has 0 aromatic rings. The number of carbonyl (C=O) groups excluding carboxylic acids is 1. The molecule has 0 amide bonds. The Morgan fingerprint density at radius 3 is 2.80 bits per heavy atom. The lowest BCUT2D eigenvalue weighted by Crippen LogP contribution is -2.45. The fourth-order valence-electron chi connectivity index (χ4n) is 2.47. The van der Waals surface area contributed by atoms with E-state index in [1.54, 1.807) is 0 Å². The van der Waals surface area contributed by atoms with Gasteiger partial charge in [-0.05, 0) is 32.2 Å². The van der Waals surface area contributed by atoms with Crippen molar-refractivity contribution < 1.29 is 9.53 Å². The van der Waals surface area contributed by atoms with E-state index in [9.17, 15) is 4.79 Å². The average Bonchev–Trinajstić information content (AvgIpc) is 3.11. The molecule has 0 N–H and O–H groups in total. The van der Waals surface area contributed by atoms with Crippen LogP contribution >= 0.6 is 0 Å². The zero-order chi connectivity index (χ0) is 10.7. The SMILES string of the molecule is CCN(CC1(C=O)CCCOC1)C1CC1. The second kappa shape index (κ2) is 4.62. The van der Waals surface area contributed by atoms with Crippen LogP contribution in [0, 0.1) is 5.41 Å². The molecule has 3 nitrogen and oxygen atoms in total. The highest BCUT2D eigenvalue weighted by molar-refractivity contribution is 5.60. The predicted octanol–water partition coefficient (Wildman–Crippen LogP) is 1.47. The van der Waals surface area contributed by atoms with Gasteiger partial charge in [0.05, 0.1) is 12.0 Å². The van der Waals surface area contributed by atoms with Crippen molar-refractivity contribution in [2.45, 2.75) is 38.6 Å². The molecule has 2 fully saturated rings. The maximum absolute atomic E-state index is 11.3. The summed E-state index contributed by atoms with van der Waals surface area (Å²) in [6.07, 6.45) is 5.78. The van der Waals surface area contributed by atoms with Crippen LogP contribution in [0.3, 0.4) is 0 Å². The van der Waals surface area contributed by atoms with E-state index in [0.29, 0.717) is 6.61 Å². The minimum atomic E-state index is -0.211. The van der Waals surface area contributed by atoms with Crippen LogP contribution in [0.4, 0.5) is 0 Å². The van der Waals surface area contributed by atoms with E-state index >= 15 is 0 Å². The van der Waals surface area contributed by atoms with Gasteiger partial charge in [-0.15, -0.1) is 0 Å². The van der Waals surface area contributed by atoms with E-state index in [-0.39, 0.29) is 5.41 Å². The van der Waals surface area contributed by atoms with Crippen molar-refractivity contribution in [2.75, 3.05) is 26.3 Å². The zero-order valence-electron chi connectivity index (χ0n) is 9.58. The van der Waals surface area contributed by atoms with Gasteiger partial charge in [-0.25, -0.2) is 0 Å². The number of hydrogen-bond donors (Lipinski definition) is 0. The molecule has 0 bridgehead atoms. The van der Waals surface area contributed by atoms with Crippen LogP contribution in [-0.4, -0.2) is 43.5 Å². The van der Waals surface area contributed by atoms with E-state index in [4.69, 9.17) is 4.74 Å². The third kappa shape index (κ3) is 2.58. The molecule has 1 saturated heterocycles. The number of aldehydes is 1. The highest BCUT2D eigenvalue weighted by Crippen LogP contribution is 2.33. The molecule has 0 radical (unpaired) electrons. The molecule has 2 rings (SSSR count). The van der Waals surface area contributed by atoms with Crippen LogP contribution in [-0.2, 0) is 9.53 Å². The van der Waals surface area contributed by atoms with Gasteiger partial charge in [0.2, 0.25) is 0 Å². The minimum absolute atomic E-state index is 0.211. The zero-order valence-corrected chi connectivity index (χ0v) is 9.58. The standard InChI is InChI=1S/C12H21NO2/c1-2-13(11-4-5-11)8-12(9-14)6-3-7-15-10-12/h9,11H,2-8,10H2,1H3. The molecule has 2 aliphatic rings. The van der Waals surface area contributed by atoms with Gasteiger partial charge in [-0.1, -0.05) is 6.92 Å². The van der Waals surface area contributed by atoms with Gasteiger partial charge in [-0.3, -0.25) is 4.90 Å². The smallest absolute Gasteiger partial charge is 0.129 e. The lowest BCUT2D eigenvalue weighted by Gasteiger charge is -2.36. The Kier molecular flexibility index (Phi) is 3.42. The van der Waals surface area contributed by atoms with Crippen LogP contribution in [0.2, 0.25) is 0 Å². The topological polar surface area (TPSA) is 29.5 Å². The maximum Gasteiger partial charge on any atom is 0.129 e. The third-order valence-electron chi connectivity index (χ3n) is 3.59. The van der Waals surface area contributed by atoms with Gasteiger partial charge in [0.15, 0.2) is 0 Å². The van der Waals surface area contributed by atoms with Crippen molar-refractivity contribution >= 4 is 6.29 Å². The monoisotopic (exact) mass is 211 g/mol. The summed E-state index contributed by atoms with van der Waals surface area (Å²) < 4.78 is 5.46. The normalized spacial score (nSPS) is 31.9. The van der Waals surface area contributed by atoms with Crippen LogP contribution in [0.1, 0.15) is 32.6 Å². The first-order valence-electron chi connectivity index (χ1n) is 6.08. The molecule has 1 heterocycles. The van der Waals surface area contributed by atoms with E-state index in [2.05, 4.69) is 11.8 Å². The quantitative estimate of drug-likeness (QED) is 0.645. The van der Waals surface area contributed by atoms with E-state index in [1.807, 2.05) is 0 Å². The fourth-order valence-corrected chi connectivity index (χ4v) is 2.47. The lowest BCUT2D eigenvalue weighted by molar-refractivity contribution is -0.125. The van der Waals surface area contributed by atoms with Crippen LogP contribution in [0.25, 0.3) is 0 Å². The summed E-state index contributed by atoms with van der Waals surface area (Å²) in [5.74, 6) is 0.